The lowest BCUT2D eigenvalue weighted by atomic mass is 9.95. The van der Waals surface area contributed by atoms with Crippen molar-refractivity contribution in [2.45, 2.75) is 0 Å². The van der Waals surface area contributed by atoms with Crippen molar-refractivity contribution in [3.8, 4) is 84.2 Å². The second-order valence-electron chi connectivity index (χ2n) is 18.4. The molecule has 0 bridgehead atoms. The Labute approximate surface area is 417 Å². The molecule has 0 saturated heterocycles. The number of rotatable bonds is 8. The average Bonchev–Trinajstić information content (AvgIpc) is 3.97. The number of nitriles is 1. The van der Waals surface area contributed by atoms with Gasteiger partial charge in [-0.15, -0.1) is 0 Å². The van der Waals surface area contributed by atoms with Crippen LogP contribution in [0.25, 0.3) is 127 Å². The molecule has 13 rings (SSSR count). The van der Waals surface area contributed by atoms with E-state index in [4.69, 9.17) is 6.57 Å². The van der Waals surface area contributed by atoms with Gasteiger partial charge in [0.05, 0.1) is 40.3 Å². The third-order valence-electron chi connectivity index (χ3n) is 14.1. The van der Waals surface area contributed by atoms with E-state index >= 15 is 0 Å². The number of fused-ring (bicyclic) bond motifs is 6. The van der Waals surface area contributed by atoms with Crippen LogP contribution in [0.4, 0.5) is 5.69 Å². The van der Waals surface area contributed by atoms with Gasteiger partial charge in [0.25, 0.3) is 0 Å². The molecular formula is C68H42N4. The molecule has 13 aromatic rings. The van der Waals surface area contributed by atoms with Crippen LogP contribution in [-0.2, 0) is 0 Å². The number of benzene rings is 11. The minimum Gasteiger partial charge on any atom is -0.309 e. The van der Waals surface area contributed by atoms with Crippen molar-refractivity contribution in [3.63, 3.8) is 0 Å². The van der Waals surface area contributed by atoms with E-state index in [1.807, 2.05) is 60.7 Å². The van der Waals surface area contributed by atoms with Crippen LogP contribution in [0.3, 0.4) is 0 Å². The molecule has 2 aromatic heterocycles. The fraction of sp³-hybridized carbons (Fsp3) is 0. The van der Waals surface area contributed by atoms with Crippen LogP contribution in [0, 0.1) is 17.9 Å². The predicted octanol–water partition coefficient (Wildman–Crippen LogP) is 18.3. The predicted molar refractivity (Wildman–Crippen MR) is 299 cm³/mol. The summed E-state index contributed by atoms with van der Waals surface area (Å²) in [6, 6.07) is 92.4. The van der Waals surface area contributed by atoms with Crippen molar-refractivity contribution in [1.82, 2.24) is 9.13 Å². The molecule has 11 aromatic carbocycles. The normalized spacial score (nSPS) is 11.3. The molecule has 4 heteroatoms. The molecule has 0 amide bonds. The van der Waals surface area contributed by atoms with Gasteiger partial charge in [0.1, 0.15) is 0 Å². The molecule has 0 fully saturated rings. The summed E-state index contributed by atoms with van der Waals surface area (Å²) in [6.45, 7) is 7.92. The highest BCUT2D eigenvalue weighted by molar-refractivity contribution is 6.13. The first-order chi connectivity index (χ1) is 35.6. The Morgan fingerprint density at radius 1 is 0.292 bits per heavy atom. The molecule has 4 nitrogen and oxygen atoms in total. The summed E-state index contributed by atoms with van der Waals surface area (Å²) in [6.07, 6.45) is 0. The van der Waals surface area contributed by atoms with Gasteiger partial charge in [-0.3, -0.25) is 0 Å². The van der Waals surface area contributed by atoms with Crippen molar-refractivity contribution in [3.05, 3.63) is 272 Å². The van der Waals surface area contributed by atoms with E-state index in [-0.39, 0.29) is 0 Å². The van der Waals surface area contributed by atoms with Gasteiger partial charge in [0.2, 0.25) is 0 Å². The molecule has 334 valence electrons. The molecule has 0 radical (unpaired) electrons. The zero-order chi connectivity index (χ0) is 48.1. The van der Waals surface area contributed by atoms with E-state index in [0.717, 1.165) is 100 Å². The van der Waals surface area contributed by atoms with Crippen LogP contribution in [0.2, 0.25) is 0 Å². The minimum atomic E-state index is 0.620. The van der Waals surface area contributed by atoms with E-state index in [0.29, 0.717) is 11.3 Å². The topological polar surface area (TPSA) is 38.0 Å². The minimum absolute atomic E-state index is 0.620. The number of hydrogen-bond acceptors (Lipinski definition) is 1. The van der Waals surface area contributed by atoms with Crippen molar-refractivity contribution < 1.29 is 0 Å². The third-order valence-corrected chi connectivity index (χ3v) is 14.1. The molecule has 2 heterocycles. The molecule has 0 atom stereocenters. The van der Waals surface area contributed by atoms with Gasteiger partial charge in [0, 0.05) is 32.9 Å². The van der Waals surface area contributed by atoms with Crippen molar-refractivity contribution in [1.29, 1.82) is 5.26 Å². The molecule has 0 unspecified atom stereocenters. The Bertz CT molecular complexity index is 4020. The highest BCUT2D eigenvalue weighted by atomic mass is 15.0. The average molecular weight is 915 g/mol. The van der Waals surface area contributed by atoms with Gasteiger partial charge < -0.3 is 9.13 Å². The SMILES string of the molecule is [C-]#[N+]c1cc(-c2ccccc2)cc(-c2ccc3c4cc(-c5ccc(-c6ccc7c(c6)c6ccc(-c8cc(C#N)cc(-c9ccccc9)c8)cc6n7-c6ccccc6)cc5)ccc4n(-c4ccccc4)c3c2)c1. The van der Waals surface area contributed by atoms with Crippen molar-refractivity contribution in [2.24, 2.45) is 0 Å². The monoisotopic (exact) mass is 914 g/mol. The van der Waals surface area contributed by atoms with E-state index in [1.54, 1.807) is 0 Å². The van der Waals surface area contributed by atoms with Gasteiger partial charge in [-0.1, -0.05) is 158 Å². The Kier molecular flexibility index (Phi) is 10.2. The van der Waals surface area contributed by atoms with Crippen LogP contribution in [-0.4, -0.2) is 9.13 Å². The Balaban J connectivity index is 0.879. The standard InChI is InChI=1S/C68H42N4/c1-70-58-38-56(47-16-8-3-9-17-47)37-57(39-58)53-27-31-62-64-41-51(29-33-66(64)72(68(62)43-53)60-20-12-5-13-21-60)49-24-22-48(23-25-49)50-28-32-65-63(40-50)61-30-26-52(42-67(61)71(65)59-18-10-4-11-19-59)55-35-45(44-69)34-54(36-55)46-14-6-2-7-15-46/h2-43H. The first-order valence-corrected chi connectivity index (χ1v) is 24.1. The Hall–Kier alpha value is -10.0. The smallest absolute Gasteiger partial charge is 0.188 e. The van der Waals surface area contributed by atoms with Gasteiger partial charge in [-0.25, -0.2) is 4.85 Å². The second-order valence-corrected chi connectivity index (χ2v) is 18.4. The van der Waals surface area contributed by atoms with Crippen LogP contribution in [0.1, 0.15) is 5.56 Å². The number of para-hydroxylation sites is 2. The zero-order valence-corrected chi connectivity index (χ0v) is 39.0. The summed E-state index contributed by atoms with van der Waals surface area (Å²) < 4.78 is 4.71. The summed E-state index contributed by atoms with van der Waals surface area (Å²) in [5, 5.41) is 14.8. The van der Waals surface area contributed by atoms with Crippen LogP contribution in [0.5, 0.6) is 0 Å². The molecule has 0 spiro atoms. The lowest BCUT2D eigenvalue weighted by Gasteiger charge is -2.11. The second kappa shape index (κ2) is 17.5. The Morgan fingerprint density at radius 2 is 0.639 bits per heavy atom. The molecule has 0 N–H and O–H groups in total. The van der Waals surface area contributed by atoms with Crippen LogP contribution in [0.15, 0.2) is 255 Å². The maximum atomic E-state index is 10.1. The maximum Gasteiger partial charge on any atom is 0.188 e. The van der Waals surface area contributed by atoms with E-state index in [2.05, 4.69) is 214 Å². The molecule has 72 heavy (non-hydrogen) atoms. The van der Waals surface area contributed by atoms with Crippen molar-refractivity contribution >= 4 is 49.3 Å². The molecular weight excluding hydrogens is 873 g/mol. The highest BCUT2D eigenvalue weighted by Gasteiger charge is 2.18. The van der Waals surface area contributed by atoms with Gasteiger partial charge in [0.15, 0.2) is 5.69 Å². The van der Waals surface area contributed by atoms with Crippen LogP contribution >= 0.6 is 0 Å². The first-order valence-electron chi connectivity index (χ1n) is 24.1. The zero-order valence-electron chi connectivity index (χ0n) is 39.0. The highest BCUT2D eigenvalue weighted by Crippen LogP contribution is 2.41. The van der Waals surface area contributed by atoms with E-state index in [9.17, 15) is 5.26 Å². The fourth-order valence-electron chi connectivity index (χ4n) is 10.6. The summed E-state index contributed by atoms with van der Waals surface area (Å²) in [7, 11) is 0. The van der Waals surface area contributed by atoms with Gasteiger partial charge in [-0.2, -0.15) is 5.26 Å². The number of hydrogen-bond donors (Lipinski definition) is 0. The molecule has 0 aliphatic carbocycles. The molecule has 0 aliphatic rings. The first kappa shape index (κ1) is 42.1. The lowest BCUT2D eigenvalue weighted by molar-refractivity contribution is 1.18. The van der Waals surface area contributed by atoms with Crippen molar-refractivity contribution in [2.75, 3.05) is 0 Å². The maximum absolute atomic E-state index is 10.1. The quantitative estimate of drug-likeness (QED) is 0.140. The summed E-state index contributed by atoms with van der Waals surface area (Å²) in [4.78, 5) is 3.86. The fourth-order valence-corrected chi connectivity index (χ4v) is 10.6. The summed E-state index contributed by atoms with van der Waals surface area (Å²) in [5.74, 6) is 0. The number of aromatic nitrogens is 2. The summed E-state index contributed by atoms with van der Waals surface area (Å²) >= 11 is 0. The lowest BCUT2D eigenvalue weighted by Crippen LogP contribution is -1.93. The summed E-state index contributed by atoms with van der Waals surface area (Å²) in [5.41, 5.74) is 20.9. The molecule has 0 aliphatic heterocycles. The third kappa shape index (κ3) is 7.40. The van der Waals surface area contributed by atoms with Gasteiger partial charge in [-0.05, 0) is 164 Å². The molecule has 0 saturated carbocycles. The largest absolute Gasteiger partial charge is 0.309 e. The van der Waals surface area contributed by atoms with Crippen LogP contribution < -0.4 is 0 Å². The Morgan fingerprint density at radius 3 is 1.07 bits per heavy atom. The number of nitrogens with zero attached hydrogens (tertiary/aromatic N) is 4. The van der Waals surface area contributed by atoms with Gasteiger partial charge >= 0.3 is 0 Å². The van der Waals surface area contributed by atoms with E-state index in [1.165, 1.54) is 21.5 Å². The van der Waals surface area contributed by atoms with E-state index < -0.39 is 0 Å².